The van der Waals surface area contributed by atoms with Gasteiger partial charge in [0.1, 0.15) is 0 Å². The lowest BCUT2D eigenvalue weighted by Crippen LogP contribution is -2.36. The molecule has 2 N–H and O–H groups in total. The molecule has 6 nitrogen and oxygen atoms in total. The van der Waals surface area contributed by atoms with Crippen LogP contribution in [0.2, 0.25) is 0 Å². The van der Waals surface area contributed by atoms with Crippen molar-refractivity contribution in [2.24, 2.45) is 0 Å². The van der Waals surface area contributed by atoms with E-state index in [1.165, 1.54) is 22.3 Å². The van der Waals surface area contributed by atoms with Crippen molar-refractivity contribution in [3.63, 3.8) is 0 Å². The van der Waals surface area contributed by atoms with Gasteiger partial charge >= 0.3 is 0 Å². The van der Waals surface area contributed by atoms with Gasteiger partial charge in [0, 0.05) is 35.9 Å². The van der Waals surface area contributed by atoms with E-state index in [1.807, 2.05) is 48.8 Å². The average Bonchev–Trinajstić information content (AvgIpc) is 2.88. The zero-order chi connectivity index (χ0) is 23.8. The summed E-state index contributed by atoms with van der Waals surface area (Å²) in [7, 11) is 0. The topological polar surface area (TPSA) is 68.3 Å². The molecule has 0 fully saturated rings. The fourth-order valence-electron chi connectivity index (χ4n) is 5.02. The smallest absolute Gasteiger partial charge is 0.242 e. The molecule has 6 heteroatoms. The number of hydrogen-bond acceptors (Lipinski definition) is 6. The number of aryl methyl sites for hydroxylation is 2. The molecule has 0 unspecified atom stereocenters. The van der Waals surface area contributed by atoms with Gasteiger partial charge in [-0.1, -0.05) is 24.3 Å². The van der Waals surface area contributed by atoms with E-state index in [0.29, 0.717) is 13.1 Å². The minimum absolute atomic E-state index is 0.207. The van der Waals surface area contributed by atoms with Crippen LogP contribution in [0.4, 0.5) is 11.4 Å². The summed E-state index contributed by atoms with van der Waals surface area (Å²) in [5, 5.41) is 7.08. The van der Waals surface area contributed by atoms with Gasteiger partial charge in [-0.25, -0.2) is 0 Å². The number of nitrogens with zero attached hydrogens (tertiary/aromatic N) is 2. The Morgan fingerprint density at radius 2 is 1.26 bits per heavy atom. The Bertz CT molecular complexity index is 1260. The summed E-state index contributed by atoms with van der Waals surface area (Å²) in [5.74, 6) is 1.96. The number of hydrogen-bond donors (Lipinski definition) is 2. The molecule has 35 heavy (non-hydrogen) atoms. The highest BCUT2D eigenvalue weighted by Crippen LogP contribution is 2.52. The first-order valence-corrected chi connectivity index (χ1v) is 12.0. The molecule has 4 heterocycles. The van der Waals surface area contributed by atoms with Crippen molar-refractivity contribution in [2.45, 2.75) is 45.6 Å². The minimum Gasteiger partial charge on any atom is -0.452 e. The number of aromatic nitrogens is 2. The van der Waals surface area contributed by atoms with Crippen molar-refractivity contribution in [1.29, 1.82) is 0 Å². The van der Waals surface area contributed by atoms with Crippen molar-refractivity contribution >= 4 is 11.4 Å². The normalized spacial score (nSPS) is 17.4. The maximum Gasteiger partial charge on any atom is 0.242 e. The second kappa shape index (κ2) is 8.95. The summed E-state index contributed by atoms with van der Waals surface area (Å²) in [6, 6.07) is 20.7. The largest absolute Gasteiger partial charge is 0.452 e. The first-order valence-electron chi connectivity index (χ1n) is 12.0. The van der Waals surface area contributed by atoms with Crippen LogP contribution in [-0.4, -0.2) is 16.3 Å². The van der Waals surface area contributed by atoms with E-state index in [1.54, 1.807) is 0 Å². The van der Waals surface area contributed by atoms with E-state index in [-0.39, 0.29) is 12.2 Å². The third-order valence-electron chi connectivity index (χ3n) is 6.57. The Kier molecular flexibility index (Phi) is 5.49. The van der Waals surface area contributed by atoms with E-state index < -0.39 is 0 Å². The Morgan fingerprint density at radius 3 is 1.71 bits per heavy atom. The SMILES string of the molecule is Cc1cc(NCc2ccccn2)c2c(c1)C1CC(O2)Oc2c(NCc3ccccn3)cc(C)cc21. The lowest BCUT2D eigenvalue weighted by Gasteiger charge is -2.39. The maximum atomic E-state index is 6.44. The van der Waals surface area contributed by atoms with Crippen LogP contribution < -0.4 is 20.1 Å². The fourth-order valence-corrected chi connectivity index (χ4v) is 5.02. The van der Waals surface area contributed by atoms with Crippen LogP contribution >= 0.6 is 0 Å². The highest BCUT2D eigenvalue weighted by atomic mass is 16.7. The van der Waals surface area contributed by atoms with Crippen LogP contribution in [0.5, 0.6) is 11.5 Å². The molecule has 2 aliphatic rings. The number of benzene rings is 2. The van der Waals surface area contributed by atoms with Crippen LogP contribution in [0.3, 0.4) is 0 Å². The van der Waals surface area contributed by atoms with E-state index >= 15 is 0 Å². The number of fused-ring (bicyclic) bond motifs is 6. The van der Waals surface area contributed by atoms with Crippen LogP contribution in [0.15, 0.2) is 73.1 Å². The van der Waals surface area contributed by atoms with Crippen molar-refractivity contribution in [1.82, 2.24) is 9.97 Å². The molecular formula is C29H28N4O2. The highest BCUT2D eigenvalue weighted by Gasteiger charge is 2.39. The maximum absolute atomic E-state index is 6.44. The molecule has 0 spiro atoms. The number of ether oxygens (including phenoxy) is 2. The summed E-state index contributed by atoms with van der Waals surface area (Å²) in [6.45, 7) is 5.53. The van der Waals surface area contributed by atoms with Gasteiger partial charge in [-0.05, 0) is 61.4 Å². The van der Waals surface area contributed by atoms with Gasteiger partial charge in [0.25, 0.3) is 0 Å². The molecule has 2 aromatic carbocycles. The van der Waals surface area contributed by atoms with E-state index in [4.69, 9.17) is 9.47 Å². The van der Waals surface area contributed by atoms with Crippen LogP contribution in [0.25, 0.3) is 0 Å². The van der Waals surface area contributed by atoms with Crippen LogP contribution in [0.1, 0.15) is 46.0 Å². The molecule has 0 aliphatic carbocycles. The Labute approximate surface area is 205 Å². The lowest BCUT2D eigenvalue weighted by atomic mass is 9.82. The molecule has 2 aromatic heterocycles. The van der Waals surface area contributed by atoms with Crippen LogP contribution in [-0.2, 0) is 13.1 Å². The molecule has 2 bridgehead atoms. The van der Waals surface area contributed by atoms with Crippen molar-refractivity contribution < 1.29 is 9.47 Å². The third-order valence-corrected chi connectivity index (χ3v) is 6.57. The Balaban J connectivity index is 1.34. The summed E-state index contributed by atoms with van der Waals surface area (Å²) in [6.07, 6.45) is 4.09. The fraction of sp³-hybridized carbons (Fsp3) is 0.241. The van der Waals surface area contributed by atoms with Gasteiger partial charge < -0.3 is 20.1 Å². The third kappa shape index (κ3) is 4.28. The summed E-state index contributed by atoms with van der Waals surface area (Å²) >= 11 is 0. The minimum atomic E-state index is -0.337. The zero-order valence-electron chi connectivity index (χ0n) is 19.9. The molecule has 2 aliphatic heterocycles. The van der Waals surface area contributed by atoms with Crippen LogP contribution in [0, 0.1) is 13.8 Å². The van der Waals surface area contributed by atoms with Crippen molar-refractivity contribution in [2.75, 3.05) is 10.6 Å². The summed E-state index contributed by atoms with van der Waals surface area (Å²) in [4.78, 5) is 8.87. The van der Waals surface area contributed by atoms with Gasteiger partial charge in [-0.2, -0.15) is 0 Å². The number of anilines is 2. The molecule has 4 aromatic rings. The van der Waals surface area contributed by atoms with Gasteiger partial charge in [0.2, 0.25) is 6.29 Å². The second-order valence-electron chi connectivity index (χ2n) is 9.26. The lowest BCUT2D eigenvalue weighted by molar-refractivity contribution is -0.0253. The second-order valence-corrected chi connectivity index (χ2v) is 9.26. The Morgan fingerprint density at radius 1 is 0.743 bits per heavy atom. The van der Waals surface area contributed by atoms with E-state index in [9.17, 15) is 0 Å². The highest BCUT2D eigenvalue weighted by molar-refractivity contribution is 5.69. The Hall–Kier alpha value is -4.06. The molecule has 0 saturated heterocycles. The molecule has 0 atom stereocenters. The number of rotatable bonds is 6. The molecule has 6 rings (SSSR count). The van der Waals surface area contributed by atoms with Crippen molar-refractivity contribution in [3.8, 4) is 11.5 Å². The monoisotopic (exact) mass is 464 g/mol. The molecule has 0 saturated carbocycles. The number of nitrogens with one attached hydrogen (secondary N) is 2. The molecule has 176 valence electrons. The van der Waals surface area contributed by atoms with Gasteiger partial charge in [-0.15, -0.1) is 0 Å². The predicted molar refractivity (Wildman–Crippen MR) is 137 cm³/mol. The van der Waals surface area contributed by atoms with E-state index in [2.05, 4.69) is 58.7 Å². The zero-order valence-corrected chi connectivity index (χ0v) is 19.9. The average molecular weight is 465 g/mol. The number of pyridine rings is 2. The molecule has 0 radical (unpaired) electrons. The van der Waals surface area contributed by atoms with Crippen molar-refractivity contribution in [3.05, 3.63) is 107 Å². The van der Waals surface area contributed by atoms with Gasteiger partial charge in [0.05, 0.1) is 35.9 Å². The molecular weight excluding hydrogens is 436 g/mol. The summed E-state index contributed by atoms with van der Waals surface area (Å²) < 4.78 is 12.9. The van der Waals surface area contributed by atoms with E-state index in [0.717, 1.165) is 40.7 Å². The first-order chi connectivity index (χ1) is 17.1. The van der Waals surface area contributed by atoms with Gasteiger partial charge in [-0.3, -0.25) is 9.97 Å². The summed E-state index contributed by atoms with van der Waals surface area (Å²) in [5.41, 5.74) is 8.74. The molecule has 0 amide bonds. The van der Waals surface area contributed by atoms with Gasteiger partial charge in [0.15, 0.2) is 11.5 Å². The predicted octanol–water partition coefficient (Wildman–Crippen LogP) is 5.95. The quantitative estimate of drug-likeness (QED) is 0.368. The standard InChI is InChI=1S/C29H28N4O2/c1-18-11-23-22-15-27(34-28(23)25(13-18)32-16-20-7-3-5-9-30-20)35-29-24(22)12-19(2)14-26(29)33-17-21-8-4-6-10-31-21/h3-14,22,27,32-33H,15-17H2,1-2H3. The first kappa shape index (κ1) is 21.5.